The molecular weight excluding hydrogens is 352 g/mol. The molecule has 1 saturated heterocycles. The standard InChI is InChI=1S/C23H28N2O3/c1-27-22-11-5-3-8-19(22)15-24(16-20-9-6-14-28-20)17-23(26)25-13-12-18-7-2-4-10-21(18)25/h2-5,7-8,10-11,20H,6,9,12-17H2,1H3. The monoisotopic (exact) mass is 380 g/mol. The van der Waals surface area contributed by atoms with Gasteiger partial charge in [0.2, 0.25) is 5.91 Å². The number of amides is 1. The molecule has 2 aromatic carbocycles. The summed E-state index contributed by atoms with van der Waals surface area (Å²) >= 11 is 0. The Morgan fingerprint density at radius 3 is 2.86 bits per heavy atom. The van der Waals surface area contributed by atoms with E-state index < -0.39 is 0 Å². The van der Waals surface area contributed by atoms with Crippen LogP contribution >= 0.6 is 0 Å². The van der Waals surface area contributed by atoms with Crippen LogP contribution in [0, 0.1) is 0 Å². The van der Waals surface area contributed by atoms with Crippen LogP contribution in [0.25, 0.3) is 0 Å². The molecular formula is C23H28N2O3. The molecule has 2 heterocycles. The van der Waals surface area contributed by atoms with Crippen molar-refractivity contribution in [2.24, 2.45) is 0 Å². The minimum atomic E-state index is 0.151. The quantitative estimate of drug-likeness (QED) is 0.739. The molecule has 2 aliphatic heterocycles. The Hall–Kier alpha value is -2.37. The van der Waals surface area contributed by atoms with Crippen molar-refractivity contribution in [1.29, 1.82) is 0 Å². The van der Waals surface area contributed by atoms with Gasteiger partial charge >= 0.3 is 0 Å². The fraction of sp³-hybridized carbons (Fsp3) is 0.435. The number of rotatable bonds is 7. The van der Waals surface area contributed by atoms with E-state index in [1.54, 1.807) is 7.11 Å². The topological polar surface area (TPSA) is 42.0 Å². The second kappa shape index (κ2) is 8.76. The summed E-state index contributed by atoms with van der Waals surface area (Å²) in [7, 11) is 1.69. The van der Waals surface area contributed by atoms with E-state index in [-0.39, 0.29) is 12.0 Å². The van der Waals surface area contributed by atoms with Gasteiger partial charge in [-0.2, -0.15) is 0 Å². The van der Waals surface area contributed by atoms with Crippen molar-refractivity contribution in [2.45, 2.75) is 31.9 Å². The third kappa shape index (κ3) is 4.21. The first-order valence-electron chi connectivity index (χ1n) is 10.1. The Balaban J connectivity index is 1.49. The number of carbonyl (C=O) groups is 1. The van der Waals surface area contributed by atoms with E-state index in [0.29, 0.717) is 13.1 Å². The number of nitrogens with zero attached hydrogens (tertiary/aromatic N) is 2. The van der Waals surface area contributed by atoms with E-state index in [9.17, 15) is 4.79 Å². The van der Waals surface area contributed by atoms with Gasteiger partial charge < -0.3 is 14.4 Å². The van der Waals surface area contributed by atoms with Crippen molar-refractivity contribution in [3.05, 3.63) is 59.7 Å². The van der Waals surface area contributed by atoms with Gasteiger partial charge in [0.05, 0.1) is 19.8 Å². The highest BCUT2D eigenvalue weighted by molar-refractivity contribution is 5.96. The first kappa shape index (κ1) is 19.0. The summed E-state index contributed by atoms with van der Waals surface area (Å²) in [6.07, 6.45) is 3.29. The molecule has 4 rings (SSSR count). The SMILES string of the molecule is COc1ccccc1CN(CC(=O)N1CCc2ccccc21)CC1CCCO1. The molecule has 0 aromatic heterocycles. The van der Waals surface area contributed by atoms with Gasteiger partial charge in [-0.3, -0.25) is 9.69 Å². The van der Waals surface area contributed by atoms with Crippen molar-refractivity contribution in [2.75, 3.05) is 38.3 Å². The van der Waals surface area contributed by atoms with Crippen molar-refractivity contribution in [1.82, 2.24) is 4.90 Å². The summed E-state index contributed by atoms with van der Waals surface area (Å²) < 4.78 is 11.4. The van der Waals surface area contributed by atoms with E-state index in [1.807, 2.05) is 41.3 Å². The van der Waals surface area contributed by atoms with Gasteiger partial charge in [-0.15, -0.1) is 0 Å². The van der Waals surface area contributed by atoms with Crippen LogP contribution in [0.1, 0.15) is 24.0 Å². The van der Waals surface area contributed by atoms with Crippen LogP contribution in [0.2, 0.25) is 0 Å². The largest absolute Gasteiger partial charge is 0.496 e. The number of hydrogen-bond donors (Lipinski definition) is 0. The van der Waals surface area contributed by atoms with Crippen molar-refractivity contribution in [3.63, 3.8) is 0 Å². The van der Waals surface area contributed by atoms with E-state index in [1.165, 1.54) is 5.56 Å². The van der Waals surface area contributed by atoms with Crippen LogP contribution in [0.4, 0.5) is 5.69 Å². The summed E-state index contributed by atoms with van der Waals surface area (Å²) in [6, 6.07) is 16.2. The fourth-order valence-corrected chi connectivity index (χ4v) is 4.21. The van der Waals surface area contributed by atoms with E-state index in [0.717, 1.165) is 56.0 Å². The summed E-state index contributed by atoms with van der Waals surface area (Å²) in [6.45, 7) is 3.40. The molecule has 1 amide bonds. The number of para-hydroxylation sites is 2. The van der Waals surface area contributed by atoms with Crippen molar-refractivity contribution < 1.29 is 14.3 Å². The molecule has 28 heavy (non-hydrogen) atoms. The molecule has 0 radical (unpaired) electrons. The molecule has 2 aliphatic rings. The first-order chi connectivity index (χ1) is 13.7. The Labute approximate surface area is 166 Å². The average molecular weight is 380 g/mol. The minimum Gasteiger partial charge on any atom is -0.496 e. The molecule has 0 saturated carbocycles. The zero-order valence-electron chi connectivity index (χ0n) is 16.5. The van der Waals surface area contributed by atoms with Crippen LogP contribution in [-0.2, 0) is 22.5 Å². The van der Waals surface area contributed by atoms with Gasteiger partial charge in [0.1, 0.15) is 5.75 Å². The van der Waals surface area contributed by atoms with Gasteiger partial charge in [-0.05, 0) is 37.0 Å². The lowest BCUT2D eigenvalue weighted by Gasteiger charge is -2.28. The molecule has 0 aliphatic carbocycles. The van der Waals surface area contributed by atoms with Crippen LogP contribution in [0.3, 0.4) is 0 Å². The zero-order chi connectivity index (χ0) is 19.3. The fourth-order valence-electron chi connectivity index (χ4n) is 4.21. The molecule has 1 fully saturated rings. The van der Waals surface area contributed by atoms with Crippen molar-refractivity contribution >= 4 is 11.6 Å². The number of methoxy groups -OCH3 is 1. The third-order valence-corrected chi connectivity index (χ3v) is 5.62. The number of benzene rings is 2. The van der Waals surface area contributed by atoms with Crippen LogP contribution in [0.5, 0.6) is 5.75 Å². The Morgan fingerprint density at radius 1 is 1.21 bits per heavy atom. The summed E-state index contributed by atoms with van der Waals surface area (Å²) in [5, 5.41) is 0. The van der Waals surface area contributed by atoms with Gasteiger partial charge in [-0.1, -0.05) is 36.4 Å². The molecule has 1 atom stereocenters. The molecule has 5 nitrogen and oxygen atoms in total. The summed E-state index contributed by atoms with van der Waals surface area (Å²) in [5.41, 5.74) is 3.41. The first-order valence-corrected chi connectivity index (χ1v) is 10.1. The van der Waals surface area contributed by atoms with Gasteiger partial charge in [0, 0.05) is 37.5 Å². The van der Waals surface area contributed by atoms with E-state index >= 15 is 0 Å². The van der Waals surface area contributed by atoms with Crippen LogP contribution < -0.4 is 9.64 Å². The highest BCUT2D eigenvalue weighted by atomic mass is 16.5. The second-order valence-electron chi connectivity index (χ2n) is 7.54. The summed E-state index contributed by atoms with van der Waals surface area (Å²) in [5.74, 6) is 1.01. The number of hydrogen-bond acceptors (Lipinski definition) is 4. The molecule has 148 valence electrons. The third-order valence-electron chi connectivity index (χ3n) is 5.62. The Kier molecular flexibility index (Phi) is 5.93. The van der Waals surface area contributed by atoms with Crippen molar-refractivity contribution in [3.8, 4) is 5.75 Å². The predicted octanol–water partition coefficient (Wildman–Crippen LogP) is 3.27. The number of carbonyl (C=O) groups excluding carboxylic acids is 1. The molecule has 1 unspecified atom stereocenters. The summed E-state index contributed by atoms with van der Waals surface area (Å²) in [4.78, 5) is 17.3. The smallest absolute Gasteiger partial charge is 0.241 e. The maximum Gasteiger partial charge on any atom is 0.241 e. The highest BCUT2D eigenvalue weighted by Gasteiger charge is 2.27. The number of ether oxygens (including phenoxy) is 2. The maximum absolute atomic E-state index is 13.1. The Morgan fingerprint density at radius 2 is 2.04 bits per heavy atom. The predicted molar refractivity (Wildman–Crippen MR) is 110 cm³/mol. The molecule has 0 spiro atoms. The maximum atomic E-state index is 13.1. The lowest BCUT2D eigenvalue weighted by atomic mass is 10.1. The molecule has 2 aromatic rings. The molecule has 0 N–H and O–H groups in total. The zero-order valence-corrected chi connectivity index (χ0v) is 16.5. The normalized spacial score (nSPS) is 18.5. The van der Waals surface area contributed by atoms with Crippen LogP contribution in [-0.4, -0.2) is 50.3 Å². The molecule has 5 heteroatoms. The number of fused-ring (bicyclic) bond motifs is 1. The van der Waals surface area contributed by atoms with Gasteiger partial charge in [0.15, 0.2) is 0 Å². The highest BCUT2D eigenvalue weighted by Crippen LogP contribution is 2.28. The lowest BCUT2D eigenvalue weighted by Crippen LogP contribution is -2.42. The lowest BCUT2D eigenvalue weighted by molar-refractivity contribution is -0.120. The molecule has 0 bridgehead atoms. The number of anilines is 1. The van der Waals surface area contributed by atoms with E-state index in [2.05, 4.69) is 17.0 Å². The van der Waals surface area contributed by atoms with Gasteiger partial charge in [-0.25, -0.2) is 0 Å². The second-order valence-corrected chi connectivity index (χ2v) is 7.54. The average Bonchev–Trinajstić information content (AvgIpc) is 3.38. The van der Waals surface area contributed by atoms with Crippen LogP contribution in [0.15, 0.2) is 48.5 Å². The minimum absolute atomic E-state index is 0.151. The van der Waals surface area contributed by atoms with Gasteiger partial charge in [0.25, 0.3) is 0 Å². The Bertz CT molecular complexity index is 817. The van der Waals surface area contributed by atoms with E-state index in [4.69, 9.17) is 9.47 Å².